The summed E-state index contributed by atoms with van der Waals surface area (Å²) in [5.41, 5.74) is 4.56. The summed E-state index contributed by atoms with van der Waals surface area (Å²) in [5.74, 6) is -0.528. The molecule has 144 valence electrons. The van der Waals surface area contributed by atoms with Crippen LogP contribution in [0.3, 0.4) is 0 Å². The molecule has 1 heterocycles. The number of aryl methyl sites for hydroxylation is 2. The molecule has 0 unspecified atom stereocenters. The quantitative estimate of drug-likeness (QED) is 0.447. The minimum absolute atomic E-state index is 0.135. The maximum Gasteiger partial charge on any atom is 0.337 e. The third-order valence-electron chi connectivity index (χ3n) is 4.31. The topological polar surface area (TPSA) is 58.6 Å². The van der Waals surface area contributed by atoms with Crippen LogP contribution in [0.15, 0.2) is 47.4 Å². The van der Waals surface area contributed by atoms with Gasteiger partial charge in [-0.15, -0.1) is 0 Å². The minimum Gasteiger partial charge on any atom is -0.465 e. The molecular formula is C21H20N2O3S2. The average Bonchev–Trinajstić information content (AvgIpc) is 2.94. The van der Waals surface area contributed by atoms with Gasteiger partial charge in [0.15, 0.2) is 0 Å². The lowest BCUT2D eigenvalue weighted by atomic mass is 10.1. The van der Waals surface area contributed by atoms with E-state index in [2.05, 4.69) is 16.1 Å². The Hall–Kier alpha value is -2.64. The molecule has 2 aromatic carbocycles. The van der Waals surface area contributed by atoms with E-state index in [0.29, 0.717) is 21.5 Å². The van der Waals surface area contributed by atoms with E-state index in [1.807, 2.05) is 26.0 Å². The molecule has 0 saturated carbocycles. The Balaban J connectivity index is 1.70. The minimum atomic E-state index is -0.393. The summed E-state index contributed by atoms with van der Waals surface area (Å²) in [4.78, 5) is 26.4. The molecule has 1 aliphatic rings. The summed E-state index contributed by atoms with van der Waals surface area (Å²) < 4.78 is 5.20. The van der Waals surface area contributed by atoms with E-state index < -0.39 is 5.97 Å². The molecule has 0 bridgehead atoms. The summed E-state index contributed by atoms with van der Waals surface area (Å²) in [5, 5.41) is 3.28. The summed E-state index contributed by atoms with van der Waals surface area (Å²) >= 11 is 6.65. The number of thiocarbonyl (C=S) groups is 1. The van der Waals surface area contributed by atoms with E-state index >= 15 is 0 Å². The lowest BCUT2D eigenvalue weighted by molar-refractivity contribution is -0.121. The summed E-state index contributed by atoms with van der Waals surface area (Å²) in [7, 11) is 1.34. The molecule has 0 aliphatic carbocycles. The molecule has 0 atom stereocenters. The molecular weight excluding hydrogens is 392 g/mol. The van der Waals surface area contributed by atoms with E-state index in [4.69, 9.17) is 12.2 Å². The van der Waals surface area contributed by atoms with Crippen molar-refractivity contribution in [1.82, 2.24) is 4.90 Å². The maximum atomic E-state index is 12.7. The number of hydrogen-bond acceptors (Lipinski definition) is 6. The Kier molecular flexibility index (Phi) is 6.16. The van der Waals surface area contributed by atoms with Crippen LogP contribution in [-0.4, -0.2) is 34.9 Å². The third-order valence-corrected chi connectivity index (χ3v) is 5.69. The highest BCUT2D eigenvalue weighted by Crippen LogP contribution is 2.32. The van der Waals surface area contributed by atoms with Crippen LogP contribution in [-0.2, 0) is 9.53 Å². The lowest BCUT2D eigenvalue weighted by Crippen LogP contribution is -2.33. The first-order valence-corrected chi connectivity index (χ1v) is 9.86. The van der Waals surface area contributed by atoms with E-state index in [0.717, 1.165) is 16.8 Å². The Morgan fingerprint density at radius 3 is 2.57 bits per heavy atom. The predicted molar refractivity (Wildman–Crippen MR) is 117 cm³/mol. The molecule has 0 spiro atoms. The van der Waals surface area contributed by atoms with Crippen molar-refractivity contribution in [2.45, 2.75) is 13.8 Å². The van der Waals surface area contributed by atoms with Crippen LogP contribution >= 0.6 is 24.0 Å². The number of carbonyl (C=O) groups is 2. The van der Waals surface area contributed by atoms with Crippen LogP contribution in [0.1, 0.15) is 27.0 Å². The molecule has 1 fully saturated rings. The third kappa shape index (κ3) is 4.43. The standard InChI is InChI=1S/C21H20N2O3S2/c1-13-4-9-17(14(2)10-13)22-12-23-19(24)18(28-21(23)27)11-15-5-7-16(8-6-15)20(25)26-3/h4-11,22H,12H2,1-3H3/b18-11-. The zero-order valence-electron chi connectivity index (χ0n) is 15.8. The molecule has 1 saturated heterocycles. The Bertz CT molecular complexity index is 968. The van der Waals surface area contributed by atoms with Crippen LogP contribution < -0.4 is 5.32 Å². The van der Waals surface area contributed by atoms with Gasteiger partial charge in [-0.25, -0.2) is 4.79 Å². The van der Waals surface area contributed by atoms with Crippen molar-refractivity contribution in [2.75, 3.05) is 19.1 Å². The summed E-state index contributed by atoms with van der Waals surface area (Å²) in [6.07, 6.45) is 1.78. The second kappa shape index (κ2) is 8.58. The van der Waals surface area contributed by atoms with Gasteiger partial charge in [-0.3, -0.25) is 9.69 Å². The van der Waals surface area contributed by atoms with E-state index in [1.165, 1.54) is 24.4 Å². The van der Waals surface area contributed by atoms with E-state index in [-0.39, 0.29) is 5.91 Å². The first kappa shape index (κ1) is 20.1. The fourth-order valence-corrected chi connectivity index (χ4v) is 4.05. The fraction of sp³-hybridized carbons (Fsp3) is 0.190. The van der Waals surface area contributed by atoms with Crippen molar-refractivity contribution >= 4 is 51.9 Å². The van der Waals surface area contributed by atoms with Crippen LogP contribution in [0, 0.1) is 13.8 Å². The van der Waals surface area contributed by atoms with E-state index in [1.54, 1.807) is 35.2 Å². The molecule has 7 heteroatoms. The Morgan fingerprint density at radius 2 is 1.93 bits per heavy atom. The number of esters is 1. The van der Waals surface area contributed by atoms with Crippen molar-refractivity contribution in [2.24, 2.45) is 0 Å². The normalized spacial score (nSPS) is 15.2. The summed E-state index contributed by atoms with van der Waals surface area (Å²) in [6.45, 7) is 4.38. The van der Waals surface area contributed by atoms with Crippen molar-refractivity contribution in [1.29, 1.82) is 0 Å². The fourth-order valence-electron chi connectivity index (χ4n) is 2.80. The zero-order chi connectivity index (χ0) is 20.3. The number of amides is 1. The number of carbonyl (C=O) groups excluding carboxylic acids is 2. The maximum absolute atomic E-state index is 12.7. The first-order chi connectivity index (χ1) is 13.4. The number of nitrogens with one attached hydrogen (secondary N) is 1. The monoisotopic (exact) mass is 412 g/mol. The second-order valence-corrected chi connectivity index (χ2v) is 8.05. The first-order valence-electron chi connectivity index (χ1n) is 8.64. The number of nitrogens with zero attached hydrogens (tertiary/aromatic N) is 1. The number of thioether (sulfide) groups is 1. The molecule has 28 heavy (non-hydrogen) atoms. The second-order valence-electron chi connectivity index (χ2n) is 6.38. The molecule has 2 aromatic rings. The van der Waals surface area contributed by atoms with Crippen LogP contribution in [0.4, 0.5) is 5.69 Å². The van der Waals surface area contributed by atoms with Crippen molar-refractivity contribution in [3.05, 3.63) is 69.6 Å². The van der Waals surface area contributed by atoms with Gasteiger partial charge in [0.2, 0.25) is 0 Å². The van der Waals surface area contributed by atoms with Gasteiger partial charge in [0.05, 0.1) is 24.2 Å². The molecule has 0 aromatic heterocycles. The zero-order valence-corrected chi connectivity index (χ0v) is 17.4. The molecule has 1 N–H and O–H groups in total. The summed E-state index contributed by atoms with van der Waals surface area (Å²) in [6, 6.07) is 13.0. The number of methoxy groups -OCH3 is 1. The van der Waals surface area contributed by atoms with Gasteiger partial charge in [0, 0.05) is 5.69 Å². The molecule has 1 amide bonds. The molecule has 0 radical (unpaired) electrons. The van der Waals surface area contributed by atoms with Gasteiger partial charge in [0.25, 0.3) is 5.91 Å². The van der Waals surface area contributed by atoms with Gasteiger partial charge in [-0.05, 0) is 49.2 Å². The molecule has 3 rings (SSSR count). The SMILES string of the molecule is COC(=O)c1ccc(/C=C2\SC(=S)N(CNc3ccc(C)cc3C)C2=O)cc1. The average molecular weight is 413 g/mol. The van der Waals surface area contributed by atoms with Gasteiger partial charge in [0.1, 0.15) is 4.32 Å². The molecule has 5 nitrogen and oxygen atoms in total. The number of benzene rings is 2. The highest BCUT2D eigenvalue weighted by molar-refractivity contribution is 8.26. The highest BCUT2D eigenvalue weighted by atomic mass is 32.2. The van der Waals surface area contributed by atoms with Crippen molar-refractivity contribution < 1.29 is 14.3 Å². The lowest BCUT2D eigenvalue weighted by Gasteiger charge is -2.17. The van der Waals surface area contributed by atoms with Crippen molar-refractivity contribution in [3.63, 3.8) is 0 Å². The van der Waals surface area contributed by atoms with Crippen LogP contribution in [0.25, 0.3) is 6.08 Å². The number of ether oxygens (including phenoxy) is 1. The van der Waals surface area contributed by atoms with Gasteiger partial charge < -0.3 is 10.1 Å². The van der Waals surface area contributed by atoms with Crippen LogP contribution in [0.2, 0.25) is 0 Å². The predicted octanol–water partition coefficient (Wildman–Crippen LogP) is 4.36. The van der Waals surface area contributed by atoms with Gasteiger partial charge in [-0.2, -0.15) is 0 Å². The van der Waals surface area contributed by atoms with Gasteiger partial charge >= 0.3 is 5.97 Å². The Morgan fingerprint density at radius 1 is 1.21 bits per heavy atom. The number of hydrogen-bond donors (Lipinski definition) is 1. The molecule has 1 aliphatic heterocycles. The van der Waals surface area contributed by atoms with Gasteiger partial charge in [-0.1, -0.05) is 53.8 Å². The highest BCUT2D eigenvalue weighted by Gasteiger charge is 2.31. The van der Waals surface area contributed by atoms with E-state index in [9.17, 15) is 9.59 Å². The smallest absolute Gasteiger partial charge is 0.337 e. The number of rotatable bonds is 5. The van der Waals surface area contributed by atoms with Crippen molar-refractivity contribution in [3.8, 4) is 0 Å². The largest absolute Gasteiger partial charge is 0.465 e. The van der Waals surface area contributed by atoms with Crippen LogP contribution in [0.5, 0.6) is 0 Å². The number of anilines is 1. The Labute approximate surface area is 173 Å².